The van der Waals surface area contributed by atoms with Crippen LogP contribution in [0.15, 0.2) is 30.4 Å². The molecule has 128 valence electrons. The van der Waals surface area contributed by atoms with E-state index in [4.69, 9.17) is 4.74 Å². The fourth-order valence-corrected chi connectivity index (χ4v) is 3.42. The molecular weight excluding hydrogens is 311 g/mol. The molecule has 2 atom stereocenters. The van der Waals surface area contributed by atoms with E-state index in [1.807, 2.05) is 24.1 Å². The Labute approximate surface area is 140 Å². The predicted molar refractivity (Wildman–Crippen MR) is 86.5 cm³/mol. The van der Waals surface area contributed by atoms with E-state index in [-0.39, 0.29) is 36.1 Å². The molecule has 0 unspecified atom stereocenters. The highest BCUT2D eigenvalue weighted by Gasteiger charge is 2.47. The first-order valence-corrected chi connectivity index (χ1v) is 8.02. The maximum absolute atomic E-state index is 13.8. The van der Waals surface area contributed by atoms with E-state index in [2.05, 4.69) is 0 Å². The third kappa shape index (κ3) is 3.06. The number of ether oxygens (including phenoxy) is 1. The molecule has 0 spiro atoms. The number of amides is 2. The Morgan fingerprint density at radius 1 is 1.21 bits per heavy atom. The zero-order valence-corrected chi connectivity index (χ0v) is 13.9. The molecule has 2 aliphatic rings. The quantitative estimate of drug-likeness (QED) is 0.612. The fraction of sp³-hybridized carbons (Fsp3) is 0.444. The van der Waals surface area contributed by atoms with Crippen molar-refractivity contribution in [2.45, 2.75) is 19.4 Å². The lowest BCUT2D eigenvalue weighted by molar-refractivity contribution is -0.142. The molecule has 6 heteroatoms. The van der Waals surface area contributed by atoms with E-state index in [1.54, 1.807) is 12.1 Å². The van der Waals surface area contributed by atoms with E-state index >= 15 is 0 Å². The van der Waals surface area contributed by atoms with Gasteiger partial charge >= 0.3 is 0 Å². The van der Waals surface area contributed by atoms with Crippen molar-refractivity contribution in [2.75, 3.05) is 20.8 Å². The van der Waals surface area contributed by atoms with Gasteiger partial charge in [0.15, 0.2) is 11.6 Å². The number of hydrogen-bond acceptors (Lipinski definition) is 4. The average molecular weight is 332 g/mol. The predicted octanol–water partition coefficient (Wildman–Crippen LogP) is 2.17. The molecule has 0 N–H and O–H groups in total. The van der Waals surface area contributed by atoms with Crippen molar-refractivity contribution in [2.24, 2.45) is 11.8 Å². The molecule has 0 saturated carbocycles. The van der Waals surface area contributed by atoms with Crippen LogP contribution in [-0.4, -0.2) is 42.4 Å². The Bertz CT molecular complexity index is 663. The lowest BCUT2D eigenvalue weighted by Crippen LogP contribution is -2.40. The Balaban J connectivity index is 1.65. The number of carbonyl (C=O) groups is 2. The normalized spacial score (nSPS) is 23.1. The molecule has 2 amide bonds. The molecule has 0 bridgehead atoms. The van der Waals surface area contributed by atoms with Gasteiger partial charge in [-0.05, 0) is 37.6 Å². The summed E-state index contributed by atoms with van der Waals surface area (Å²) in [6.45, 7) is 0.657. The molecule has 1 aliphatic heterocycles. The second-order valence-corrected chi connectivity index (χ2v) is 6.38. The summed E-state index contributed by atoms with van der Waals surface area (Å²) in [6.07, 6.45) is 5.22. The van der Waals surface area contributed by atoms with Crippen LogP contribution in [0.25, 0.3) is 0 Å². The topological polar surface area (TPSA) is 49.9 Å². The van der Waals surface area contributed by atoms with Gasteiger partial charge in [0, 0.05) is 6.54 Å². The van der Waals surface area contributed by atoms with Gasteiger partial charge in [-0.15, -0.1) is 0 Å². The van der Waals surface area contributed by atoms with Crippen LogP contribution < -0.4 is 4.74 Å². The van der Waals surface area contributed by atoms with Gasteiger partial charge < -0.3 is 4.74 Å². The van der Waals surface area contributed by atoms with Crippen molar-refractivity contribution >= 4 is 11.8 Å². The van der Waals surface area contributed by atoms with Crippen LogP contribution in [0.3, 0.4) is 0 Å². The SMILES string of the molecule is COc1ccc(CN(C)CN2C(=O)[C@H]3CC=CC[C@@H]3C2=O)cc1F. The Hall–Kier alpha value is -2.21. The van der Waals surface area contributed by atoms with Crippen LogP contribution in [0.5, 0.6) is 5.75 Å². The fourth-order valence-electron chi connectivity index (χ4n) is 3.42. The van der Waals surface area contributed by atoms with Crippen molar-refractivity contribution in [3.63, 3.8) is 0 Å². The maximum atomic E-state index is 13.8. The Morgan fingerprint density at radius 3 is 2.38 bits per heavy atom. The van der Waals surface area contributed by atoms with Crippen molar-refractivity contribution < 1.29 is 18.7 Å². The van der Waals surface area contributed by atoms with E-state index in [0.29, 0.717) is 19.4 Å². The number of benzene rings is 1. The number of nitrogens with zero attached hydrogens (tertiary/aromatic N) is 2. The summed E-state index contributed by atoms with van der Waals surface area (Å²) < 4.78 is 18.7. The second-order valence-electron chi connectivity index (χ2n) is 6.38. The lowest BCUT2D eigenvalue weighted by atomic mass is 9.85. The summed E-state index contributed by atoms with van der Waals surface area (Å²) in [5.74, 6) is -0.843. The third-order valence-electron chi connectivity index (χ3n) is 4.65. The number of halogens is 1. The van der Waals surface area contributed by atoms with Crippen molar-refractivity contribution in [1.29, 1.82) is 0 Å². The zero-order chi connectivity index (χ0) is 17.3. The molecule has 3 rings (SSSR count). The first-order chi connectivity index (χ1) is 11.5. The number of rotatable bonds is 5. The summed E-state index contributed by atoms with van der Waals surface area (Å²) in [5, 5.41) is 0. The lowest BCUT2D eigenvalue weighted by Gasteiger charge is -2.23. The number of fused-ring (bicyclic) bond motifs is 1. The Morgan fingerprint density at radius 2 is 1.83 bits per heavy atom. The van der Waals surface area contributed by atoms with E-state index < -0.39 is 5.82 Å². The molecule has 24 heavy (non-hydrogen) atoms. The monoisotopic (exact) mass is 332 g/mol. The van der Waals surface area contributed by atoms with Crippen LogP contribution in [-0.2, 0) is 16.1 Å². The number of carbonyl (C=O) groups excluding carboxylic acids is 2. The number of methoxy groups -OCH3 is 1. The van der Waals surface area contributed by atoms with Crippen LogP contribution >= 0.6 is 0 Å². The van der Waals surface area contributed by atoms with E-state index in [9.17, 15) is 14.0 Å². The molecule has 1 saturated heterocycles. The van der Waals surface area contributed by atoms with Crippen molar-refractivity contribution in [3.05, 3.63) is 41.7 Å². The number of hydrogen-bond donors (Lipinski definition) is 0. The summed E-state index contributed by atoms with van der Waals surface area (Å²) >= 11 is 0. The van der Waals surface area contributed by atoms with Crippen LogP contribution in [0, 0.1) is 17.7 Å². The molecule has 1 heterocycles. The molecule has 5 nitrogen and oxygen atoms in total. The summed E-state index contributed by atoms with van der Waals surface area (Å²) in [6, 6.07) is 4.76. The number of imide groups is 1. The average Bonchev–Trinajstić information content (AvgIpc) is 2.80. The number of allylic oxidation sites excluding steroid dienone is 2. The summed E-state index contributed by atoms with van der Waals surface area (Å²) in [5.41, 5.74) is 0.758. The minimum atomic E-state index is -0.422. The maximum Gasteiger partial charge on any atom is 0.234 e. The molecule has 0 radical (unpaired) electrons. The zero-order valence-electron chi connectivity index (χ0n) is 13.9. The third-order valence-corrected chi connectivity index (χ3v) is 4.65. The van der Waals surface area contributed by atoms with Gasteiger partial charge in [0.05, 0.1) is 25.6 Å². The van der Waals surface area contributed by atoms with Crippen molar-refractivity contribution in [1.82, 2.24) is 9.80 Å². The van der Waals surface area contributed by atoms with Crippen LogP contribution in [0.2, 0.25) is 0 Å². The van der Waals surface area contributed by atoms with Gasteiger partial charge in [0.1, 0.15) is 0 Å². The molecule has 1 aromatic carbocycles. The highest BCUT2D eigenvalue weighted by atomic mass is 19.1. The second kappa shape index (κ2) is 6.73. The van der Waals surface area contributed by atoms with E-state index in [0.717, 1.165) is 5.56 Å². The first-order valence-electron chi connectivity index (χ1n) is 8.02. The van der Waals surface area contributed by atoms with Gasteiger partial charge in [-0.1, -0.05) is 18.2 Å². The molecule has 0 aromatic heterocycles. The standard InChI is InChI=1S/C18H21FN2O3/c1-20(10-12-7-8-16(24-2)15(19)9-12)11-21-17(22)13-5-3-4-6-14(13)18(21)23/h3-4,7-9,13-14H,5-6,10-11H2,1-2H3/t13-,14-/m0/s1. The van der Waals surface area contributed by atoms with Gasteiger partial charge in [-0.25, -0.2) is 4.39 Å². The smallest absolute Gasteiger partial charge is 0.234 e. The van der Waals surface area contributed by atoms with Crippen molar-refractivity contribution in [3.8, 4) is 5.75 Å². The Kier molecular flexibility index (Phi) is 4.66. The largest absolute Gasteiger partial charge is 0.494 e. The number of likely N-dealkylation sites (tertiary alicyclic amines) is 1. The highest BCUT2D eigenvalue weighted by molar-refractivity contribution is 6.05. The minimum absolute atomic E-state index is 0.0953. The van der Waals surface area contributed by atoms with Crippen LogP contribution in [0.1, 0.15) is 18.4 Å². The molecule has 1 aliphatic carbocycles. The van der Waals surface area contributed by atoms with Gasteiger partial charge in [-0.2, -0.15) is 0 Å². The summed E-state index contributed by atoms with van der Waals surface area (Å²) in [4.78, 5) is 28.1. The molecule has 1 aromatic rings. The van der Waals surface area contributed by atoms with E-state index in [1.165, 1.54) is 18.1 Å². The highest BCUT2D eigenvalue weighted by Crippen LogP contribution is 2.35. The van der Waals surface area contributed by atoms with Gasteiger partial charge in [0.2, 0.25) is 11.8 Å². The summed E-state index contributed by atoms with van der Waals surface area (Å²) in [7, 11) is 3.23. The van der Waals surface area contributed by atoms with Gasteiger partial charge in [0.25, 0.3) is 0 Å². The first kappa shape index (κ1) is 16.6. The van der Waals surface area contributed by atoms with Gasteiger partial charge in [-0.3, -0.25) is 19.4 Å². The molecular formula is C18H21FN2O3. The van der Waals surface area contributed by atoms with Crippen LogP contribution in [0.4, 0.5) is 4.39 Å². The molecule has 1 fully saturated rings. The minimum Gasteiger partial charge on any atom is -0.494 e.